The molecule has 0 aliphatic rings. The second-order valence-electron chi connectivity index (χ2n) is 5.33. The number of rotatable bonds is 3. The van der Waals surface area contributed by atoms with Crippen molar-refractivity contribution in [3.8, 4) is 5.75 Å². The minimum atomic E-state index is -0.484. The molecule has 0 radical (unpaired) electrons. The van der Waals surface area contributed by atoms with Crippen LogP contribution in [0, 0.1) is 6.92 Å². The Morgan fingerprint density at radius 3 is 2.68 bits per heavy atom. The first-order valence-corrected chi connectivity index (χ1v) is 6.21. The Labute approximate surface area is 114 Å². The SMILES string of the molecule is Cc1cc(C=CCNC(=O)OC(C)(C)C)ccc1O. The van der Waals surface area contributed by atoms with E-state index in [1.807, 2.05) is 52.0 Å². The Morgan fingerprint density at radius 1 is 1.42 bits per heavy atom. The molecule has 2 N–H and O–H groups in total. The van der Waals surface area contributed by atoms with E-state index < -0.39 is 11.7 Å². The molecule has 4 heteroatoms. The lowest BCUT2D eigenvalue weighted by Gasteiger charge is -2.19. The van der Waals surface area contributed by atoms with Crippen LogP contribution in [0.5, 0.6) is 5.75 Å². The smallest absolute Gasteiger partial charge is 0.407 e. The van der Waals surface area contributed by atoms with E-state index in [0.29, 0.717) is 6.54 Å². The average Bonchev–Trinajstić information content (AvgIpc) is 2.27. The highest BCUT2D eigenvalue weighted by molar-refractivity contribution is 5.68. The highest BCUT2D eigenvalue weighted by atomic mass is 16.6. The van der Waals surface area contributed by atoms with Crippen molar-refractivity contribution >= 4 is 12.2 Å². The summed E-state index contributed by atoms with van der Waals surface area (Å²) in [6.07, 6.45) is 3.28. The Hall–Kier alpha value is -1.97. The lowest BCUT2D eigenvalue weighted by Crippen LogP contribution is -2.32. The van der Waals surface area contributed by atoms with E-state index >= 15 is 0 Å². The molecule has 0 unspecified atom stereocenters. The average molecular weight is 263 g/mol. The summed E-state index contributed by atoms with van der Waals surface area (Å²) in [5.41, 5.74) is 1.31. The van der Waals surface area contributed by atoms with Gasteiger partial charge in [-0.2, -0.15) is 0 Å². The topological polar surface area (TPSA) is 58.6 Å². The van der Waals surface area contributed by atoms with Crippen LogP contribution in [0.15, 0.2) is 24.3 Å². The van der Waals surface area contributed by atoms with Crippen molar-refractivity contribution in [3.05, 3.63) is 35.4 Å². The second kappa shape index (κ2) is 6.27. The largest absolute Gasteiger partial charge is 0.508 e. The van der Waals surface area contributed by atoms with Gasteiger partial charge in [0.25, 0.3) is 0 Å². The molecule has 0 atom stereocenters. The number of aryl methyl sites for hydroxylation is 1. The third kappa shape index (κ3) is 5.95. The lowest BCUT2D eigenvalue weighted by atomic mass is 10.1. The summed E-state index contributed by atoms with van der Waals surface area (Å²) in [7, 11) is 0. The second-order valence-corrected chi connectivity index (χ2v) is 5.33. The number of amides is 1. The quantitative estimate of drug-likeness (QED) is 0.880. The molecular weight excluding hydrogens is 242 g/mol. The van der Waals surface area contributed by atoms with Crippen molar-refractivity contribution in [1.82, 2.24) is 5.32 Å². The first kappa shape index (κ1) is 15.1. The number of phenolic OH excluding ortho intramolecular Hbond substituents is 1. The van der Waals surface area contributed by atoms with Crippen LogP contribution in [0.2, 0.25) is 0 Å². The van der Waals surface area contributed by atoms with Crippen molar-refractivity contribution in [1.29, 1.82) is 0 Å². The normalized spacial score (nSPS) is 11.6. The number of hydrogen-bond donors (Lipinski definition) is 2. The van der Waals surface area contributed by atoms with E-state index in [1.165, 1.54) is 0 Å². The van der Waals surface area contributed by atoms with Gasteiger partial charge in [0.05, 0.1) is 0 Å². The maximum atomic E-state index is 11.4. The molecule has 0 saturated heterocycles. The van der Waals surface area contributed by atoms with Gasteiger partial charge in [-0.15, -0.1) is 0 Å². The van der Waals surface area contributed by atoms with E-state index in [2.05, 4.69) is 5.32 Å². The fourth-order valence-electron chi connectivity index (χ4n) is 1.43. The van der Waals surface area contributed by atoms with Crippen molar-refractivity contribution in [2.75, 3.05) is 6.54 Å². The Kier molecular flexibility index (Phi) is 4.98. The van der Waals surface area contributed by atoms with Gasteiger partial charge in [-0.05, 0) is 51.0 Å². The van der Waals surface area contributed by atoms with E-state index in [-0.39, 0.29) is 5.75 Å². The molecule has 104 valence electrons. The fraction of sp³-hybridized carbons (Fsp3) is 0.400. The van der Waals surface area contributed by atoms with Crippen molar-refractivity contribution < 1.29 is 14.6 Å². The third-order valence-corrected chi connectivity index (χ3v) is 2.29. The molecular formula is C15H21NO3. The number of hydrogen-bond acceptors (Lipinski definition) is 3. The van der Waals surface area contributed by atoms with Gasteiger partial charge in [-0.1, -0.05) is 18.2 Å². The highest BCUT2D eigenvalue weighted by Crippen LogP contribution is 2.17. The Bertz CT molecular complexity index is 473. The summed E-state index contributed by atoms with van der Waals surface area (Å²) in [5, 5.41) is 12.0. The van der Waals surface area contributed by atoms with Crippen LogP contribution in [0.3, 0.4) is 0 Å². The molecule has 0 bridgehead atoms. The van der Waals surface area contributed by atoms with Crippen LogP contribution in [0.25, 0.3) is 6.08 Å². The van der Waals surface area contributed by atoms with Gasteiger partial charge in [0.15, 0.2) is 0 Å². The number of alkyl carbamates (subject to hydrolysis) is 1. The van der Waals surface area contributed by atoms with E-state index in [1.54, 1.807) is 6.07 Å². The Morgan fingerprint density at radius 2 is 2.11 bits per heavy atom. The van der Waals surface area contributed by atoms with Crippen LogP contribution in [-0.4, -0.2) is 23.3 Å². The predicted octanol–water partition coefficient (Wildman–Crippen LogP) is 3.24. The Balaban J connectivity index is 2.42. The van der Waals surface area contributed by atoms with E-state index in [9.17, 15) is 9.90 Å². The molecule has 0 fully saturated rings. The maximum Gasteiger partial charge on any atom is 0.407 e. The van der Waals surface area contributed by atoms with Crippen LogP contribution in [0.4, 0.5) is 4.79 Å². The molecule has 1 amide bonds. The highest BCUT2D eigenvalue weighted by Gasteiger charge is 2.14. The predicted molar refractivity (Wildman–Crippen MR) is 76.1 cm³/mol. The van der Waals surface area contributed by atoms with Crippen LogP contribution in [-0.2, 0) is 4.74 Å². The molecule has 0 aliphatic heterocycles. The number of carbonyl (C=O) groups excluding carboxylic acids is 1. The zero-order valence-corrected chi connectivity index (χ0v) is 11.9. The molecule has 19 heavy (non-hydrogen) atoms. The number of nitrogens with one attached hydrogen (secondary N) is 1. The zero-order valence-electron chi connectivity index (χ0n) is 11.9. The van der Waals surface area contributed by atoms with Gasteiger partial charge in [0.1, 0.15) is 11.4 Å². The lowest BCUT2D eigenvalue weighted by molar-refractivity contribution is 0.0534. The summed E-state index contributed by atoms with van der Waals surface area (Å²) < 4.78 is 5.11. The number of carbonyl (C=O) groups is 1. The number of ether oxygens (including phenoxy) is 1. The molecule has 1 aromatic rings. The minimum Gasteiger partial charge on any atom is -0.508 e. The standard InChI is InChI=1S/C15H21NO3/c1-11-10-12(7-8-13(11)17)6-5-9-16-14(18)19-15(2,3)4/h5-8,10,17H,9H2,1-4H3,(H,16,18). The van der Waals surface area contributed by atoms with E-state index in [0.717, 1.165) is 11.1 Å². The number of phenols is 1. The zero-order chi connectivity index (χ0) is 14.5. The molecule has 1 rings (SSSR count). The molecule has 0 heterocycles. The summed E-state index contributed by atoms with van der Waals surface area (Å²) >= 11 is 0. The molecule has 0 spiro atoms. The van der Waals surface area contributed by atoms with Gasteiger partial charge in [0, 0.05) is 6.54 Å². The summed E-state index contributed by atoms with van der Waals surface area (Å²) in [6.45, 7) is 7.70. The van der Waals surface area contributed by atoms with Crippen molar-refractivity contribution in [3.63, 3.8) is 0 Å². The molecule has 4 nitrogen and oxygen atoms in total. The van der Waals surface area contributed by atoms with E-state index in [4.69, 9.17) is 4.74 Å². The molecule has 0 aliphatic carbocycles. The maximum absolute atomic E-state index is 11.4. The third-order valence-electron chi connectivity index (χ3n) is 2.29. The van der Waals surface area contributed by atoms with Crippen LogP contribution >= 0.6 is 0 Å². The van der Waals surface area contributed by atoms with Gasteiger partial charge in [-0.25, -0.2) is 4.79 Å². The van der Waals surface area contributed by atoms with Crippen LogP contribution in [0.1, 0.15) is 31.9 Å². The summed E-state index contributed by atoms with van der Waals surface area (Å²) in [6, 6.07) is 5.34. The van der Waals surface area contributed by atoms with Gasteiger partial charge >= 0.3 is 6.09 Å². The van der Waals surface area contributed by atoms with Gasteiger partial charge in [-0.3, -0.25) is 0 Å². The fourth-order valence-corrected chi connectivity index (χ4v) is 1.43. The molecule has 0 saturated carbocycles. The summed E-state index contributed by atoms with van der Waals surface area (Å²) in [5.74, 6) is 0.282. The number of aromatic hydroxyl groups is 1. The molecule has 0 aromatic heterocycles. The monoisotopic (exact) mass is 263 g/mol. The number of benzene rings is 1. The first-order valence-electron chi connectivity index (χ1n) is 6.21. The van der Waals surface area contributed by atoms with Crippen molar-refractivity contribution in [2.24, 2.45) is 0 Å². The van der Waals surface area contributed by atoms with Gasteiger partial charge in [0.2, 0.25) is 0 Å². The first-order chi connectivity index (χ1) is 8.78. The minimum absolute atomic E-state index is 0.282. The summed E-state index contributed by atoms with van der Waals surface area (Å²) in [4.78, 5) is 11.4. The van der Waals surface area contributed by atoms with Crippen LogP contribution < -0.4 is 5.32 Å². The van der Waals surface area contributed by atoms with Crippen molar-refractivity contribution in [2.45, 2.75) is 33.3 Å². The molecule has 1 aromatic carbocycles. The van der Waals surface area contributed by atoms with Gasteiger partial charge < -0.3 is 15.2 Å².